The molecular formula is C16H10BrF2NO5. The number of benzene rings is 2. The van der Waals surface area contributed by atoms with Gasteiger partial charge in [0.1, 0.15) is 0 Å². The van der Waals surface area contributed by atoms with Gasteiger partial charge in [-0.25, -0.2) is 4.79 Å². The van der Waals surface area contributed by atoms with Crippen LogP contribution in [0.2, 0.25) is 0 Å². The molecule has 0 spiro atoms. The maximum absolute atomic E-state index is 12.9. The van der Waals surface area contributed by atoms with Crippen LogP contribution >= 0.6 is 15.9 Å². The molecular weight excluding hydrogens is 404 g/mol. The molecule has 3 rings (SSSR count). The fourth-order valence-electron chi connectivity index (χ4n) is 2.06. The van der Waals surface area contributed by atoms with E-state index in [4.69, 9.17) is 4.74 Å². The number of nitrogens with one attached hydrogen (secondary N) is 1. The third-order valence-corrected chi connectivity index (χ3v) is 3.80. The summed E-state index contributed by atoms with van der Waals surface area (Å²) in [5.41, 5.74) is 0.475. The molecule has 0 aromatic heterocycles. The van der Waals surface area contributed by atoms with Crippen molar-refractivity contribution < 1.29 is 32.6 Å². The van der Waals surface area contributed by atoms with E-state index in [9.17, 15) is 18.4 Å². The van der Waals surface area contributed by atoms with Gasteiger partial charge in [0.2, 0.25) is 0 Å². The van der Waals surface area contributed by atoms with Crippen molar-refractivity contribution in [1.29, 1.82) is 0 Å². The van der Waals surface area contributed by atoms with Crippen LogP contribution in [0.1, 0.15) is 10.4 Å². The molecule has 2 aromatic carbocycles. The number of ether oxygens (including phenoxy) is 3. The lowest BCUT2D eigenvalue weighted by Crippen LogP contribution is -2.25. The van der Waals surface area contributed by atoms with Crippen molar-refractivity contribution >= 4 is 33.5 Å². The average molecular weight is 414 g/mol. The highest BCUT2D eigenvalue weighted by molar-refractivity contribution is 9.10. The quantitative estimate of drug-likeness (QED) is 0.775. The first kappa shape index (κ1) is 17.2. The molecule has 0 atom stereocenters. The number of amides is 1. The van der Waals surface area contributed by atoms with Crippen molar-refractivity contribution in [2.75, 3.05) is 11.9 Å². The smallest absolute Gasteiger partial charge is 0.452 e. The third kappa shape index (κ3) is 4.05. The summed E-state index contributed by atoms with van der Waals surface area (Å²) >= 11 is 3.21. The number of esters is 1. The van der Waals surface area contributed by atoms with Gasteiger partial charge in [-0.1, -0.05) is 12.1 Å². The fraction of sp³-hybridized carbons (Fsp3) is 0.125. The molecule has 130 valence electrons. The van der Waals surface area contributed by atoms with Crippen molar-refractivity contribution in [3.63, 3.8) is 0 Å². The molecule has 0 radical (unpaired) electrons. The molecule has 0 unspecified atom stereocenters. The third-order valence-electron chi connectivity index (χ3n) is 3.11. The second kappa shape index (κ2) is 6.67. The first-order chi connectivity index (χ1) is 11.8. The largest absolute Gasteiger partial charge is 0.586 e. The normalized spacial score (nSPS) is 14.0. The lowest BCUT2D eigenvalue weighted by Gasteiger charge is -2.08. The molecule has 25 heavy (non-hydrogen) atoms. The monoisotopic (exact) mass is 413 g/mol. The molecule has 0 saturated carbocycles. The number of anilines is 1. The van der Waals surface area contributed by atoms with Gasteiger partial charge in [0.15, 0.2) is 18.1 Å². The van der Waals surface area contributed by atoms with Crippen LogP contribution in [-0.2, 0) is 9.53 Å². The number of fused-ring (bicyclic) bond motifs is 1. The zero-order valence-electron chi connectivity index (χ0n) is 12.4. The van der Waals surface area contributed by atoms with E-state index in [2.05, 4.69) is 30.7 Å². The molecule has 1 amide bonds. The van der Waals surface area contributed by atoms with Crippen molar-refractivity contribution in [2.24, 2.45) is 0 Å². The molecule has 6 nitrogen and oxygen atoms in total. The number of carbonyl (C=O) groups excluding carboxylic acids is 2. The van der Waals surface area contributed by atoms with Crippen molar-refractivity contribution in [2.45, 2.75) is 6.29 Å². The van der Waals surface area contributed by atoms with Crippen LogP contribution in [-0.4, -0.2) is 24.8 Å². The van der Waals surface area contributed by atoms with Crippen LogP contribution in [0.4, 0.5) is 14.5 Å². The molecule has 0 saturated heterocycles. The Balaban J connectivity index is 1.57. The predicted octanol–water partition coefficient (Wildman–Crippen LogP) is 3.57. The number of carbonyl (C=O) groups is 2. The van der Waals surface area contributed by atoms with Crippen LogP contribution in [0.3, 0.4) is 0 Å². The van der Waals surface area contributed by atoms with Crippen LogP contribution in [0, 0.1) is 0 Å². The highest BCUT2D eigenvalue weighted by Gasteiger charge is 2.43. The zero-order valence-corrected chi connectivity index (χ0v) is 14.0. The standard InChI is InChI=1S/C16H10BrF2NO5/c17-11-4-2-1-3-10(11)15(22)23-8-14(21)20-9-5-6-12-13(7-9)25-16(18,19)24-12/h1-7H,8H2,(H,20,21). The maximum atomic E-state index is 12.9. The predicted molar refractivity (Wildman–Crippen MR) is 85.7 cm³/mol. The van der Waals surface area contributed by atoms with Crippen LogP contribution in [0.5, 0.6) is 11.5 Å². The van der Waals surface area contributed by atoms with Gasteiger partial charge in [-0.05, 0) is 40.2 Å². The van der Waals surface area contributed by atoms with Gasteiger partial charge in [-0.3, -0.25) is 4.79 Å². The van der Waals surface area contributed by atoms with E-state index in [-0.39, 0.29) is 22.7 Å². The summed E-state index contributed by atoms with van der Waals surface area (Å²) in [5.74, 6) is -1.64. The van der Waals surface area contributed by atoms with Gasteiger partial charge in [-0.15, -0.1) is 8.78 Å². The molecule has 9 heteroatoms. The maximum Gasteiger partial charge on any atom is 0.586 e. The van der Waals surface area contributed by atoms with E-state index in [1.807, 2.05) is 0 Å². The Morgan fingerprint density at radius 2 is 1.84 bits per heavy atom. The van der Waals surface area contributed by atoms with E-state index >= 15 is 0 Å². The Hall–Kier alpha value is -2.68. The fourth-order valence-corrected chi connectivity index (χ4v) is 2.51. The summed E-state index contributed by atoms with van der Waals surface area (Å²) in [6.45, 7) is -0.537. The van der Waals surface area contributed by atoms with Crippen LogP contribution < -0.4 is 14.8 Å². The molecule has 1 heterocycles. The summed E-state index contributed by atoms with van der Waals surface area (Å²) in [7, 11) is 0. The zero-order chi connectivity index (χ0) is 18.0. The lowest BCUT2D eigenvalue weighted by atomic mass is 10.2. The lowest BCUT2D eigenvalue weighted by molar-refractivity contribution is -0.286. The summed E-state index contributed by atoms with van der Waals surface area (Å²) in [5, 5.41) is 2.41. The van der Waals surface area contributed by atoms with E-state index in [1.54, 1.807) is 24.3 Å². The second-order valence-electron chi connectivity index (χ2n) is 4.93. The minimum Gasteiger partial charge on any atom is -0.452 e. The molecule has 1 N–H and O–H groups in total. The van der Waals surface area contributed by atoms with E-state index in [1.165, 1.54) is 18.2 Å². The topological polar surface area (TPSA) is 73.9 Å². The van der Waals surface area contributed by atoms with Crippen LogP contribution in [0.15, 0.2) is 46.9 Å². The van der Waals surface area contributed by atoms with E-state index in [0.29, 0.717) is 4.47 Å². The highest BCUT2D eigenvalue weighted by Crippen LogP contribution is 2.42. The number of alkyl halides is 2. The molecule has 1 aliphatic heterocycles. The van der Waals surface area contributed by atoms with Crippen molar-refractivity contribution in [1.82, 2.24) is 0 Å². The second-order valence-corrected chi connectivity index (χ2v) is 5.79. The molecule has 0 bridgehead atoms. The number of hydrogen-bond donors (Lipinski definition) is 1. The van der Waals surface area contributed by atoms with Gasteiger partial charge in [0.05, 0.1) is 5.56 Å². The van der Waals surface area contributed by atoms with Gasteiger partial charge >= 0.3 is 12.3 Å². The molecule has 2 aromatic rings. The Morgan fingerprint density at radius 3 is 2.60 bits per heavy atom. The minimum atomic E-state index is -3.73. The van der Waals surface area contributed by atoms with Gasteiger partial charge < -0.3 is 19.5 Å². The summed E-state index contributed by atoms with van der Waals surface area (Å²) < 4.78 is 39.9. The SMILES string of the molecule is O=C(COC(=O)c1ccccc1Br)Nc1ccc2c(c1)OC(F)(F)O2. The average Bonchev–Trinajstić information content (AvgIpc) is 2.86. The summed E-state index contributed by atoms with van der Waals surface area (Å²) in [6.07, 6.45) is -3.73. The van der Waals surface area contributed by atoms with E-state index < -0.39 is 24.8 Å². The Morgan fingerprint density at radius 1 is 1.12 bits per heavy atom. The first-order valence-electron chi connectivity index (χ1n) is 6.95. The van der Waals surface area contributed by atoms with Crippen molar-refractivity contribution in [3.8, 4) is 11.5 Å². The number of halogens is 3. The van der Waals surface area contributed by atoms with Gasteiger partial charge in [0.25, 0.3) is 5.91 Å². The minimum absolute atomic E-state index is 0.136. The van der Waals surface area contributed by atoms with Crippen molar-refractivity contribution in [3.05, 3.63) is 52.5 Å². The number of rotatable bonds is 4. The highest BCUT2D eigenvalue weighted by atomic mass is 79.9. The molecule has 0 fully saturated rings. The first-order valence-corrected chi connectivity index (χ1v) is 7.75. The van der Waals surface area contributed by atoms with Gasteiger partial charge in [-0.2, -0.15) is 0 Å². The van der Waals surface area contributed by atoms with E-state index in [0.717, 1.165) is 0 Å². The number of hydrogen-bond acceptors (Lipinski definition) is 5. The molecule has 0 aliphatic carbocycles. The summed E-state index contributed by atoms with van der Waals surface area (Å²) in [4.78, 5) is 23.7. The molecule has 1 aliphatic rings. The Labute approximate surface area is 148 Å². The summed E-state index contributed by atoms with van der Waals surface area (Å²) in [6, 6.07) is 10.4. The van der Waals surface area contributed by atoms with Crippen LogP contribution in [0.25, 0.3) is 0 Å². The van der Waals surface area contributed by atoms with Gasteiger partial charge in [0, 0.05) is 16.2 Å². The Kier molecular flexibility index (Phi) is 4.58. The Bertz CT molecular complexity index is 843.